The van der Waals surface area contributed by atoms with E-state index in [-0.39, 0.29) is 27.5 Å². The summed E-state index contributed by atoms with van der Waals surface area (Å²) in [5.74, 6) is -0.820. The van der Waals surface area contributed by atoms with Crippen molar-refractivity contribution in [3.63, 3.8) is 0 Å². The molecule has 6 nitrogen and oxygen atoms in total. The number of rotatable bonds is 4. The third-order valence-corrected chi connectivity index (χ3v) is 3.70. The van der Waals surface area contributed by atoms with Gasteiger partial charge in [-0.15, -0.1) is 6.58 Å². The number of allylic oxidation sites excluding steroid dienone is 2. The van der Waals surface area contributed by atoms with Crippen LogP contribution in [0.2, 0.25) is 0 Å². The summed E-state index contributed by atoms with van der Waals surface area (Å²) in [5, 5.41) is 7.77. The smallest absolute Gasteiger partial charge is 0.238 e. The monoisotopic (exact) mass is 292 g/mol. The molecular weight excluding hydrogens is 280 g/mol. The molecular formula is C13H12N2O4S. The van der Waals surface area contributed by atoms with Crippen molar-refractivity contribution in [2.45, 2.75) is 4.90 Å². The molecule has 0 aromatic heterocycles. The maximum Gasteiger partial charge on any atom is 0.238 e. The molecule has 0 fully saturated rings. The zero-order valence-corrected chi connectivity index (χ0v) is 11.2. The van der Waals surface area contributed by atoms with Crippen LogP contribution in [-0.2, 0) is 10.0 Å². The molecule has 20 heavy (non-hydrogen) atoms. The Balaban J connectivity index is 2.49. The molecule has 0 aliphatic heterocycles. The number of sulfonamides is 1. The Bertz CT molecular complexity index is 748. The predicted octanol–water partition coefficient (Wildman–Crippen LogP) is 0.372. The SMILES string of the molecule is C=CCNC1=CC(=O)c2cc(S(N)(=O)=O)ccc2C1=O. The standard InChI is InChI=1S/C13H12N2O4S/c1-2-5-15-11-7-12(16)10-6-8(20(14,18)19)3-4-9(10)13(11)17/h2-4,6-7,15H,1,5H2,(H2,14,18,19). The van der Waals surface area contributed by atoms with Gasteiger partial charge in [-0.05, 0) is 18.2 Å². The maximum absolute atomic E-state index is 12.1. The van der Waals surface area contributed by atoms with Gasteiger partial charge in [-0.2, -0.15) is 0 Å². The number of nitrogens with two attached hydrogens (primary N) is 1. The summed E-state index contributed by atoms with van der Waals surface area (Å²) in [5.41, 5.74) is 0.341. The molecule has 7 heteroatoms. The molecule has 1 aliphatic carbocycles. The molecule has 0 spiro atoms. The van der Waals surface area contributed by atoms with Crippen LogP contribution in [0.3, 0.4) is 0 Å². The number of benzene rings is 1. The number of fused-ring (bicyclic) bond motifs is 1. The summed E-state index contributed by atoms with van der Waals surface area (Å²) in [6.07, 6.45) is 2.69. The van der Waals surface area contributed by atoms with Crippen molar-refractivity contribution in [1.29, 1.82) is 0 Å². The number of hydrogen-bond donors (Lipinski definition) is 2. The van der Waals surface area contributed by atoms with Crippen molar-refractivity contribution in [3.05, 3.63) is 53.8 Å². The number of primary sulfonamides is 1. The van der Waals surface area contributed by atoms with Gasteiger partial charge < -0.3 is 5.32 Å². The van der Waals surface area contributed by atoms with Gasteiger partial charge in [0, 0.05) is 23.7 Å². The maximum atomic E-state index is 12.1. The Morgan fingerprint density at radius 2 is 1.95 bits per heavy atom. The van der Waals surface area contributed by atoms with E-state index in [0.29, 0.717) is 6.54 Å². The van der Waals surface area contributed by atoms with Crippen molar-refractivity contribution >= 4 is 21.6 Å². The summed E-state index contributed by atoms with van der Waals surface area (Å²) < 4.78 is 22.5. The second-order valence-electron chi connectivity index (χ2n) is 4.17. The van der Waals surface area contributed by atoms with Crippen LogP contribution in [0.25, 0.3) is 0 Å². The highest BCUT2D eigenvalue weighted by atomic mass is 32.2. The lowest BCUT2D eigenvalue weighted by Crippen LogP contribution is -2.27. The first-order chi connectivity index (χ1) is 9.34. The molecule has 0 unspecified atom stereocenters. The van der Waals surface area contributed by atoms with Crippen LogP contribution >= 0.6 is 0 Å². The van der Waals surface area contributed by atoms with E-state index >= 15 is 0 Å². The topological polar surface area (TPSA) is 106 Å². The van der Waals surface area contributed by atoms with Crippen LogP contribution in [0, 0.1) is 0 Å². The van der Waals surface area contributed by atoms with Gasteiger partial charge in [-0.25, -0.2) is 13.6 Å². The average molecular weight is 292 g/mol. The van der Waals surface area contributed by atoms with Crippen molar-refractivity contribution < 1.29 is 18.0 Å². The fourth-order valence-corrected chi connectivity index (χ4v) is 2.37. The molecule has 0 heterocycles. The summed E-state index contributed by atoms with van der Waals surface area (Å²) in [6, 6.07) is 3.61. The Labute approximate surface area is 116 Å². The van der Waals surface area contributed by atoms with E-state index < -0.39 is 15.8 Å². The largest absolute Gasteiger partial charge is 0.378 e. The average Bonchev–Trinajstić information content (AvgIpc) is 2.39. The molecule has 1 aliphatic rings. The van der Waals surface area contributed by atoms with Crippen molar-refractivity contribution in [1.82, 2.24) is 5.32 Å². The van der Waals surface area contributed by atoms with Gasteiger partial charge in [0.1, 0.15) is 0 Å². The first-order valence-electron chi connectivity index (χ1n) is 5.67. The number of carbonyl (C=O) groups excluding carboxylic acids is 2. The molecule has 3 N–H and O–H groups in total. The van der Waals surface area contributed by atoms with E-state index in [4.69, 9.17) is 5.14 Å². The summed E-state index contributed by atoms with van der Waals surface area (Å²) in [6.45, 7) is 3.85. The van der Waals surface area contributed by atoms with E-state index in [1.165, 1.54) is 12.1 Å². The Hall–Kier alpha value is -2.25. The van der Waals surface area contributed by atoms with Gasteiger partial charge in [0.05, 0.1) is 10.6 Å². The molecule has 2 rings (SSSR count). The van der Waals surface area contributed by atoms with Crippen molar-refractivity contribution in [2.75, 3.05) is 6.54 Å². The lowest BCUT2D eigenvalue weighted by Gasteiger charge is -2.16. The number of nitrogens with one attached hydrogen (secondary N) is 1. The van der Waals surface area contributed by atoms with Crippen LogP contribution in [-0.4, -0.2) is 26.5 Å². The second-order valence-corrected chi connectivity index (χ2v) is 5.73. The minimum atomic E-state index is -3.92. The van der Waals surface area contributed by atoms with Gasteiger partial charge >= 0.3 is 0 Å². The predicted molar refractivity (Wildman–Crippen MR) is 72.8 cm³/mol. The lowest BCUT2D eigenvalue weighted by molar-refractivity contribution is 0.0978. The molecule has 0 amide bonds. The van der Waals surface area contributed by atoms with Crippen LogP contribution in [0.15, 0.2) is 47.5 Å². The molecule has 0 atom stereocenters. The lowest BCUT2D eigenvalue weighted by atomic mass is 9.93. The van der Waals surface area contributed by atoms with E-state index in [1.807, 2.05) is 0 Å². The zero-order chi connectivity index (χ0) is 14.9. The van der Waals surface area contributed by atoms with E-state index in [1.54, 1.807) is 6.08 Å². The molecule has 0 saturated heterocycles. The van der Waals surface area contributed by atoms with Crippen LogP contribution in [0.1, 0.15) is 20.7 Å². The van der Waals surface area contributed by atoms with Gasteiger partial charge in [0.25, 0.3) is 0 Å². The summed E-state index contributed by atoms with van der Waals surface area (Å²) in [4.78, 5) is 23.9. The third-order valence-electron chi connectivity index (χ3n) is 2.79. The van der Waals surface area contributed by atoms with Crippen LogP contribution < -0.4 is 10.5 Å². The van der Waals surface area contributed by atoms with E-state index in [0.717, 1.165) is 12.1 Å². The van der Waals surface area contributed by atoms with Gasteiger partial charge in [-0.3, -0.25) is 9.59 Å². The van der Waals surface area contributed by atoms with Crippen molar-refractivity contribution in [3.8, 4) is 0 Å². The van der Waals surface area contributed by atoms with Gasteiger partial charge in [0.15, 0.2) is 5.78 Å². The first-order valence-corrected chi connectivity index (χ1v) is 7.21. The fourth-order valence-electron chi connectivity index (χ4n) is 1.84. The second kappa shape index (κ2) is 5.03. The highest BCUT2D eigenvalue weighted by Gasteiger charge is 2.26. The number of hydrogen-bond acceptors (Lipinski definition) is 5. The van der Waals surface area contributed by atoms with Crippen LogP contribution in [0.5, 0.6) is 0 Å². The highest BCUT2D eigenvalue weighted by molar-refractivity contribution is 7.89. The van der Waals surface area contributed by atoms with Crippen molar-refractivity contribution in [2.24, 2.45) is 5.14 Å². The Morgan fingerprint density at radius 3 is 2.55 bits per heavy atom. The molecule has 1 aromatic rings. The fraction of sp³-hybridized carbons (Fsp3) is 0.0769. The van der Waals surface area contributed by atoms with Gasteiger partial charge in [-0.1, -0.05) is 6.08 Å². The van der Waals surface area contributed by atoms with Gasteiger partial charge in [0.2, 0.25) is 15.8 Å². The molecule has 0 bridgehead atoms. The number of ketones is 2. The first kappa shape index (κ1) is 14.2. The minimum absolute atomic E-state index is 0.0330. The van der Waals surface area contributed by atoms with E-state index in [2.05, 4.69) is 11.9 Å². The van der Waals surface area contributed by atoms with Crippen LogP contribution in [0.4, 0.5) is 0 Å². The normalized spacial score (nSPS) is 14.6. The van der Waals surface area contributed by atoms with E-state index in [9.17, 15) is 18.0 Å². The quantitative estimate of drug-likeness (QED) is 0.780. The Morgan fingerprint density at radius 1 is 1.25 bits per heavy atom. The molecule has 0 radical (unpaired) electrons. The summed E-state index contributed by atoms with van der Waals surface area (Å²) in [7, 11) is -3.92. The number of Topliss-reactive ketones (excluding diaryl/α,β-unsaturated/α-hetero) is 1. The minimum Gasteiger partial charge on any atom is -0.378 e. The molecule has 0 saturated carbocycles. The third kappa shape index (κ3) is 2.54. The Kier molecular flexibility index (Phi) is 3.56. The zero-order valence-electron chi connectivity index (χ0n) is 10.4. The summed E-state index contributed by atoms with van der Waals surface area (Å²) >= 11 is 0. The molecule has 1 aromatic carbocycles. The number of carbonyl (C=O) groups is 2. The molecule has 104 valence electrons. The highest BCUT2D eigenvalue weighted by Crippen LogP contribution is 2.22.